The van der Waals surface area contributed by atoms with Crippen LogP contribution in [0.4, 0.5) is 5.69 Å². The van der Waals surface area contributed by atoms with E-state index in [2.05, 4.69) is 5.32 Å². The van der Waals surface area contributed by atoms with Crippen LogP contribution in [0, 0.1) is 10.1 Å². The van der Waals surface area contributed by atoms with E-state index >= 15 is 0 Å². The van der Waals surface area contributed by atoms with Crippen molar-refractivity contribution in [2.45, 2.75) is 19.5 Å². The molecule has 21 heavy (non-hydrogen) atoms. The summed E-state index contributed by atoms with van der Waals surface area (Å²) < 4.78 is 0. The number of halogens is 2. The Morgan fingerprint density at radius 3 is 2.67 bits per heavy atom. The second-order valence-corrected chi connectivity index (χ2v) is 5.53. The molecule has 2 aromatic carbocycles. The van der Waals surface area contributed by atoms with Crippen molar-refractivity contribution >= 4 is 28.9 Å². The molecule has 4 nitrogen and oxygen atoms in total. The van der Waals surface area contributed by atoms with E-state index in [0.717, 1.165) is 5.56 Å². The molecule has 0 aliphatic rings. The summed E-state index contributed by atoms with van der Waals surface area (Å²) in [4.78, 5) is 10.4. The molecule has 0 saturated carbocycles. The van der Waals surface area contributed by atoms with Crippen LogP contribution in [0.15, 0.2) is 42.5 Å². The molecule has 110 valence electrons. The molecule has 1 atom stereocenters. The minimum atomic E-state index is -0.430. The summed E-state index contributed by atoms with van der Waals surface area (Å²) in [7, 11) is 0. The smallest absolute Gasteiger partial charge is 0.269 e. The van der Waals surface area contributed by atoms with E-state index in [1.54, 1.807) is 6.07 Å². The van der Waals surface area contributed by atoms with Crippen LogP contribution in [0.5, 0.6) is 0 Å². The fourth-order valence-corrected chi connectivity index (χ4v) is 2.35. The zero-order valence-corrected chi connectivity index (χ0v) is 12.9. The molecule has 0 aromatic heterocycles. The first-order valence-electron chi connectivity index (χ1n) is 6.39. The molecule has 2 rings (SSSR count). The van der Waals surface area contributed by atoms with Crippen LogP contribution < -0.4 is 5.32 Å². The lowest BCUT2D eigenvalue weighted by Gasteiger charge is -2.15. The van der Waals surface area contributed by atoms with Crippen molar-refractivity contribution in [3.05, 3.63) is 73.8 Å². The number of hydrogen-bond donors (Lipinski definition) is 1. The molecule has 0 radical (unpaired) electrons. The highest BCUT2D eigenvalue weighted by molar-refractivity contribution is 6.31. The molecule has 0 unspecified atom stereocenters. The van der Waals surface area contributed by atoms with Gasteiger partial charge in [0.1, 0.15) is 0 Å². The maximum atomic E-state index is 10.8. The number of benzene rings is 2. The van der Waals surface area contributed by atoms with Crippen molar-refractivity contribution in [2.24, 2.45) is 0 Å². The molecule has 0 saturated heterocycles. The van der Waals surface area contributed by atoms with Crippen LogP contribution in [0.1, 0.15) is 24.1 Å². The number of nitrogens with zero attached hydrogens (tertiary/aromatic N) is 1. The fraction of sp³-hybridized carbons (Fsp3) is 0.200. The van der Waals surface area contributed by atoms with Gasteiger partial charge in [0, 0.05) is 34.8 Å². The molecule has 6 heteroatoms. The zero-order valence-electron chi connectivity index (χ0n) is 11.3. The number of rotatable bonds is 5. The second kappa shape index (κ2) is 6.89. The molecule has 2 aromatic rings. The highest BCUT2D eigenvalue weighted by Crippen LogP contribution is 2.23. The Labute approximate surface area is 132 Å². The second-order valence-electron chi connectivity index (χ2n) is 4.69. The molecule has 0 aliphatic heterocycles. The minimum absolute atomic E-state index is 0.0339. The van der Waals surface area contributed by atoms with E-state index < -0.39 is 4.92 Å². The van der Waals surface area contributed by atoms with Crippen molar-refractivity contribution in [1.29, 1.82) is 0 Å². The molecule has 1 N–H and O–H groups in total. The van der Waals surface area contributed by atoms with E-state index in [-0.39, 0.29) is 11.7 Å². The molecular weight excluding hydrogens is 311 g/mol. The lowest BCUT2D eigenvalue weighted by Crippen LogP contribution is -2.18. The molecule has 0 amide bonds. The first-order chi connectivity index (χ1) is 9.97. The van der Waals surface area contributed by atoms with Crippen LogP contribution in [-0.2, 0) is 6.54 Å². The van der Waals surface area contributed by atoms with Crippen LogP contribution >= 0.6 is 23.2 Å². The topological polar surface area (TPSA) is 55.2 Å². The van der Waals surface area contributed by atoms with Crippen LogP contribution in [0.2, 0.25) is 10.0 Å². The van der Waals surface area contributed by atoms with E-state index in [0.29, 0.717) is 22.2 Å². The first-order valence-corrected chi connectivity index (χ1v) is 7.14. The Balaban J connectivity index is 2.09. The predicted molar refractivity (Wildman–Crippen MR) is 84.8 cm³/mol. The van der Waals surface area contributed by atoms with Gasteiger partial charge in [0.2, 0.25) is 0 Å². The summed E-state index contributed by atoms with van der Waals surface area (Å²) >= 11 is 12.0. The SMILES string of the molecule is C[C@@H](NCc1cc([N+](=O)[O-])ccc1Cl)c1cccc(Cl)c1. The number of nitro groups is 1. The predicted octanol–water partition coefficient (Wildman–Crippen LogP) is 4.75. The normalized spacial score (nSPS) is 12.1. The van der Waals surface area contributed by atoms with Crippen LogP contribution in [0.25, 0.3) is 0 Å². The van der Waals surface area contributed by atoms with Gasteiger partial charge in [-0.3, -0.25) is 10.1 Å². The first kappa shape index (κ1) is 15.8. The molecule has 0 heterocycles. The van der Waals surface area contributed by atoms with Gasteiger partial charge in [0.15, 0.2) is 0 Å². The van der Waals surface area contributed by atoms with Gasteiger partial charge in [0.05, 0.1) is 4.92 Å². The summed E-state index contributed by atoms with van der Waals surface area (Å²) in [6, 6.07) is 12.0. The van der Waals surface area contributed by atoms with Crippen LogP contribution in [-0.4, -0.2) is 4.92 Å². The Morgan fingerprint density at radius 2 is 2.00 bits per heavy atom. The van der Waals surface area contributed by atoms with Crippen molar-refractivity contribution < 1.29 is 4.92 Å². The van der Waals surface area contributed by atoms with E-state index in [1.165, 1.54) is 12.1 Å². The highest BCUT2D eigenvalue weighted by Gasteiger charge is 2.11. The van der Waals surface area contributed by atoms with E-state index in [1.807, 2.05) is 31.2 Å². The highest BCUT2D eigenvalue weighted by atomic mass is 35.5. The Hall–Kier alpha value is -1.62. The summed E-state index contributed by atoms with van der Waals surface area (Å²) in [5.41, 5.74) is 1.77. The summed E-state index contributed by atoms with van der Waals surface area (Å²) in [5.74, 6) is 0. The van der Waals surface area contributed by atoms with Crippen molar-refractivity contribution in [2.75, 3.05) is 0 Å². The van der Waals surface area contributed by atoms with Crippen molar-refractivity contribution in [3.63, 3.8) is 0 Å². The third-order valence-electron chi connectivity index (χ3n) is 3.19. The summed E-state index contributed by atoms with van der Waals surface area (Å²) in [6.45, 7) is 2.44. The van der Waals surface area contributed by atoms with Gasteiger partial charge in [-0.2, -0.15) is 0 Å². The van der Waals surface area contributed by atoms with Gasteiger partial charge in [-0.05, 0) is 36.2 Å². The van der Waals surface area contributed by atoms with Gasteiger partial charge >= 0.3 is 0 Å². The number of nitro benzene ring substituents is 1. The van der Waals surface area contributed by atoms with Gasteiger partial charge in [-0.25, -0.2) is 0 Å². The van der Waals surface area contributed by atoms with Crippen molar-refractivity contribution in [1.82, 2.24) is 5.32 Å². The molecular formula is C15H14Cl2N2O2. The minimum Gasteiger partial charge on any atom is -0.306 e. The van der Waals surface area contributed by atoms with E-state index in [4.69, 9.17) is 23.2 Å². The van der Waals surface area contributed by atoms with Crippen molar-refractivity contribution in [3.8, 4) is 0 Å². The van der Waals surface area contributed by atoms with Gasteiger partial charge < -0.3 is 5.32 Å². The summed E-state index contributed by atoms with van der Waals surface area (Å²) in [6.07, 6.45) is 0. The molecule has 0 spiro atoms. The maximum absolute atomic E-state index is 10.8. The lowest BCUT2D eigenvalue weighted by atomic mass is 10.1. The summed E-state index contributed by atoms with van der Waals surface area (Å²) in [5, 5.41) is 15.3. The molecule has 0 aliphatic carbocycles. The number of non-ortho nitro benzene ring substituents is 1. The third-order valence-corrected chi connectivity index (χ3v) is 3.79. The number of hydrogen-bond acceptors (Lipinski definition) is 3. The Kier molecular flexibility index (Phi) is 5.17. The average Bonchev–Trinajstić information content (AvgIpc) is 2.45. The maximum Gasteiger partial charge on any atom is 0.269 e. The third kappa shape index (κ3) is 4.17. The average molecular weight is 325 g/mol. The molecule has 0 fully saturated rings. The Morgan fingerprint density at radius 1 is 1.24 bits per heavy atom. The standard InChI is InChI=1S/C15H14Cl2N2O2/c1-10(11-3-2-4-13(16)7-11)18-9-12-8-14(19(20)21)5-6-15(12)17/h2-8,10,18H,9H2,1H3/t10-/m1/s1. The van der Waals surface area contributed by atoms with Crippen LogP contribution in [0.3, 0.4) is 0 Å². The van der Waals surface area contributed by atoms with E-state index in [9.17, 15) is 10.1 Å². The number of nitrogens with one attached hydrogen (secondary N) is 1. The Bertz CT molecular complexity index is 662. The largest absolute Gasteiger partial charge is 0.306 e. The van der Waals surface area contributed by atoms with Gasteiger partial charge in [0.25, 0.3) is 5.69 Å². The monoisotopic (exact) mass is 324 g/mol. The quantitative estimate of drug-likeness (QED) is 0.637. The van der Waals surface area contributed by atoms with Gasteiger partial charge in [-0.1, -0.05) is 35.3 Å². The fourth-order valence-electron chi connectivity index (χ4n) is 1.97. The molecule has 0 bridgehead atoms. The van der Waals surface area contributed by atoms with Gasteiger partial charge in [-0.15, -0.1) is 0 Å². The zero-order chi connectivity index (χ0) is 15.4. The lowest BCUT2D eigenvalue weighted by molar-refractivity contribution is -0.384.